The van der Waals surface area contributed by atoms with Gasteiger partial charge in [-0.1, -0.05) is 6.07 Å². The van der Waals surface area contributed by atoms with E-state index >= 15 is 0 Å². The first kappa shape index (κ1) is 25.3. The van der Waals surface area contributed by atoms with Crippen molar-refractivity contribution in [3.63, 3.8) is 0 Å². The number of pyridine rings is 1. The molecule has 38 heavy (non-hydrogen) atoms. The van der Waals surface area contributed by atoms with Gasteiger partial charge in [-0.3, -0.25) is 14.5 Å². The minimum atomic E-state index is -0.141. The summed E-state index contributed by atoms with van der Waals surface area (Å²) in [6.45, 7) is 6.12. The number of anilines is 1. The van der Waals surface area contributed by atoms with Gasteiger partial charge in [0.05, 0.1) is 30.3 Å². The number of carbonyl (C=O) groups excluding carboxylic acids is 1. The van der Waals surface area contributed by atoms with Gasteiger partial charge in [0.15, 0.2) is 11.6 Å². The number of nitrogen functional groups attached to an aromatic ring is 1. The van der Waals surface area contributed by atoms with Crippen LogP contribution in [0.1, 0.15) is 45.7 Å². The molecule has 0 saturated heterocycles. The van der Waals surface area contributed by atoms with E-state index < -0.39 is 0 Å². The summed E-state index contributed by atoms with van der Waals surface area (Å²) in [5.41, 5.74) is 13.1. The number of nitrogens with zero attached hydrogens (tertiary/aromatic N) is 7. The number of hydrogen-bond donors (Lipinski definition) is 1. The third-order valence-electron chi connectivity index (χ3n) is 6.90. The molecule has 3 aromatic heterocycles. The molecule has 1 aliphatic rings. The molecule has 0 aliphatic carbocycles. The van der Waals surface area contributed by atoms with E-state index in [1.807, 2.05) is 13.0 Å². The molecule has 1 unspecified atom stereocenters. The Hall–Kier alpha value is -4.31. The van der Waals surface area contributed by atoms with Crippen molar-refractivity contribution in [1.29, 1.82) is 0 Å². The van der Waals surface area contributed by atoms with Gasteiger partial charge < -0.3 is 20.3 Å². The van der Waals surface area contributed by atoms with Crippen LogP contribution in [0, 0.1) is 6.92 Å². The van der Waals surface area contributed by atoms with Gasteiger partial charge in [-0.15, -0.1) is 0 Å². The zero-order valence-corrected chi connectivity index (χ0v) is 22.3. The molecule has 1 amide bonds. The predicted octanol–water partition coefficient (Wildman–Crippen LogP) is 3.72. The van der Waals surface area contributed by atoms with Crippen LogP contribution in [0.5, 0.6) is 11.6 Å². The maximum absolute atomic E-state index is 12.1. The van der Waals surface area contributed by atoms with Gasteiger partial charge in [-0.05, 0) is 67.8 Å². The molecule has 0 saturated carbocycles. The highest BCUT2D eigenvalue weighted by molar-refractivity contribution is 5.91. The Balaban J connectivity index is 1.35. The van der Waals surface area contributed by atoms with Crippen LogP contribution in [0.4, 0.5) is 5.82 Å². The highest BCUT2D eigenvalue weighted by Crippen LogP contribution is 2.31. The van der Waals surface area contributed by atoms with Gasteiger partial charge >= 0.3 is 0 Å². The second-order valence-corrected chi connectivity index (χ2v) is 9.97. The quantitative estimate of drug-likeness (QED) is 0.416. The summed E-state index contributed by atoms with van der Waals surface area (Å²) >= 11 is 0. The number of hydrogen-bond acceptors (Lipinski definition) is 8. The van der Waals surface area contributed by atoms with Crippen LogP contribution in [-0.2, 0) is 13.0 Å². The van der Waals surface area contributed by atoms with Crippen molar-refractivity contribution < 1.29 is 9.53 Å². The van der Waals surface area contributed by atoms with Gasteiger partial charge in [0.25, 0.3) is 11.8 Å². The first-order valence-corrected chi connectivity index (χ1v) is 12.5. The molecular weight excluding hydrogens is 480 g/mol. The van der Waals surface area contributed by atoms with E-state index in [9.17, 15) is 4.79 Å². The Morgan fingerprint density at radius 2 is 1.97 bits per heavy atom. The number of fused-ring (bicyclic) bond motifs is 1. The molecule has 2 N–H and O–H groups in total. The number of benzene rings is 1. The summed E-state index contributed by atoms with van der Waals surface area (Å²) in [4.78, 5) is 29.3. The fraction of sp³-hybridized carbons (Fsp3) is 0.321. The molecule has 1 aliphatic heterocycles. The van der Waals surface area contributed by atoms with Crippen LogP contribution in [0.2, 0.25) is 0 Å². The second kappa shape index (κ2) is 10.2. The fourth-order valence-electron chi connectivity index (χ4n) is 4.66. The molecule has 10 nitrogen and oxygen atoms in total. The highest BCUT2D eigenvalue weighted by atomic mass is 16.5. The summed E-state index contributed by atoms with van der Waals surface area (Å²) in [6.07, 6.45) is 7.81. The zero-order valence-electron chi connectivity index (χ0n) is 22.3. The number of amides is 1. The molecule has 4 heterocycles. The maximum atomic E-state index is 12.1. The minimum Gasteiger partial charge on any atom is -0.433 e. The lowest BCUT2D eigenvalue weighted by atomic mass is 9.92. The second-order valence-electron chi connectivity index (χ2n) is 9.97. The van der Waals surface area contributed by atoms with Crippen LogP contribution < -0.4 is 10.5 Å². The van der Waals surface area contributed by atoms with E-state index in [0.717, 1.165) is 30.6 Å². The van der Waals surface area contributed by atoms with E-state index in [1.165, 1.54) is 21.6 Å². The first-order valence-electron chi connectivity index (χ1n) is 12.5. The van der Waals surface area contributed by atoms with E-state index in [2.05, 4.69) is 46.1 Å². The smallest absolute Gasteiger partial charge is 0.271 e. The summed E-state index contributed by atoms with van der Waals surface area (Å²) in [6, 6.07) is 7.81. The molecule has 0 spiro atoms. The van der Waals surface area contributed by atoms with Crippen molar-refractivity contribution in [3.05, 3.63) is 77.0 Å². The highest BCUT2D eigenvalue weighted by Gasteiger charge is 2.19. The van der Waals surface area contributed by atoms with Crippen molar-refractivity contribution in [2.24, 2.45) is 0 Å². The first-order chi connectivity index (χ1) is 18.2. The number of nitrogens with two attached hydrogens (primary N) is 1. The van der Waals surface area contributed by atoms with Crippen LogP contribution in [0.25, 0.3) is 11.3 Å². The van der Waals surface area contributed by atoms with Gasteiger partial charge in [-0.2, -0.15) is 5.10 Å². The standard InChI is InChI=1S/C28H32N8O2/c1-17-10-20(11-21-15-35(5)9-8-23(17)21)25-14-31-26(29)27(33-25)38-22-13-32-36(16-22)18(2)19-6-7-24(30-12-19)28(37)34(3)4/h6-7,10-14,16,18H,8-9,15H2,1-5H3,(H2,29,31). The molecule has 5 rings (SSSR count). The van der Waals surface area contributed by atoms with Crippen LogP contribution in [0.15, 0.2) is 49.1 Å². The number of aromatic nitrogens is 5. The van der Waals surface area contributed by atoms with Gasteiger partial charge in [0.2, 0.25) is 0 Å². The zero-order chi connectivity index (χ0) is 27.0. The lowest BCUT2D eigenvalue weighted by Crippen LogP contribution is -2.27. The summed E-state index contributed by atoms with van der Waals surface area (Å²) in [7, 11) is 5.54. The summed E-state index contributed by atoms with van der Waals surface area (Å²) < 4.78 is 7.78. The van der Waals surface area contributed by atoms with Crippen LogP contribution in [-0.4, -0.2) is 68.1 Å². The van der Waals surface area contributed by atoms with E-state index in [0.29, 0.717) is 17.1 Å². The monoisotopic (exact) mass is 512 g/mol. The van der Waals surface area contributed by atoms with Gasteiger partial charge in [0.1, 0.15) is 5.69 Å². The molecule has 196 valence electrons. The van der Waals surface area contributed by atoms with Crippen molar-refractivity contribution in [1.82, 2.24) is 34.5 Å². The Bertz CT molecular complexity index is 1480. The maximum Gasteiger partial charge on any atom is 0.271 e. The third kappa shape index (κ3) is 5.08. The SMILES string of the molecule is Cc1cc(-c2cnc(N)c(Oc3cnn(C(C)c4ccc(C(=O)N(C)C)nc4)c3)n2)cc2c1CCN(C)C2. The topological polar surface area (TPSA) is 115 Å². The number of likely N-dealkylation sites (N-methyl/N-ethyl adjacent to an activating group) is 1. The minimum absolute atomic E-state index is 0.130. The molecule has 0 bridgehead atoms. The van der Waals surface area contributed by atoms with E-state index in [-0.39, 0.29) is 23.6 Å². The number of rotatable bonds is 6. The molecule has 4 aromatic rings. The van der Waals surface area contributed by atoms with Crippen molar-refractivity contribution in [2.75, 3.05) is 33.4 Å². The Kier molecular flexibility index (Phi) is 6.81. The largest absolute Gasteiger partial charge is 0.433 e. The summed E-state index contributed by atoms with van der Waals surface area (Å²) in [5, 5.41) is 4.45. The molecule has 0 radical (unpaired) electrons. The average molecular weight is 513 g/mol. The lowest BCUT2D eigenvalue weighted by Gasteiger charge is -2.27. The molecule has 0 fully saturated rings. The fourth-order valence-corrected chi connectivity index (χ4v) is 4.66. The van der Waals surface area contributed by atoms with Crippen LogP contribution >= 0.6 is 0 Å². The molecule has 1 atom stereocenters. The molecule has 1 aromatic carbocycles. The van der Waals surface area contributed by atoms with Crippen molar-refractivity contribution in [3.8, 4) is 22.9 Å². The number of ether oxygens (including phenoxy) is 1. The molecule has 10 heteroatoms. The summed E-state index contributed by atoms with van der Waals surface area (Å²) in [5.74, 6) is 0.785. The van der Waals surface area contributed by atoms with Gasteiger partial charge in [0, 0.05) is 38.9 Å². The molecular formula is C28H32N8O2. The number of carbonyl (C=O) groups is 1. The average Bonchev–Trinajstić information content (AvgIpc) is 3.37. The van der Waals surface area contributed by atoms with Crippen LogP contribution in [0.3, 0.4) is 0 Å². The Morgan fingerprint density at radius 1 is 1.16 bits per heavy atom. The van der Waals surface area contributed by atoms with Gasteiger partial charge in [-0.25, -0.2) is 9.97 Å². The lowest BCUT2D eigenvalue weighted by molar-refractivity contribution is 0.0822. The Morgan fingerprint density at radius 3 is 2.71 bits per heavy atom. The van der Waals surface area contributed by atoms with E-state index in [1.54, 1.807) is 49.6 Å². The Labute approximate surface area is 222 Å². The van der Waals surface area contributed by atoms with Crippen molar-refractivity contribution >= 4 is 11.7 Å². The number of aryl methyl sites for hydroxylation is 1. The van der Waals surface area contributed by atoms with E-state index in [4.69, 9.17) is 15.5 Å². The predicted molar refractivity (Wildman–Crippen MR) is 145 cm³/mol. The third-order valence-corrected chi connectivity index (χ3v) is 6.90. The van der Waals surface area contributed by atoms with Crippen molar-refractivity contribution in [2.45, 2.75) is 32.9 Å². The normalized spacial score (nSPS) is 14.1.